The molecule has 0 spiro atoms. The molecule has 94 valence electrons. The summed E-state index contributed by atoms with van der Waals surface area (Å²) in [4.78, 5) is 8.63. The first-order valence-corrected chi connectivity index (χ1v) is 6.06. The van der Waals surface area contributed by atoms with E-state index in [9.17, 15) is 0 Å². The van der Waals surface area contributed by atoms with Crippen LogP contribution >= 0.6 is 0 Å². The highest BCUT2D eigenvalue weighted by molar-refractivity contribution is 5.86. The van der Waals surface area contributed by atoms with Crippen molar-refractivity contribution in [3.05, 3.63) is 36.5 Å². The van der Waals surface area contributed by atoms with Crippen molar-refractivity contribution < 1.29 is 4.74 Å². The lowest BCUT2D eigenvalue weighted by Gasteiger charge is -2.11. The summed E-state index contributed by atoms with van der Waals surface area (Å²) < 4.78 is 5.65. The fourth-order valence-corrected chi connectivity index (χ4v) is 1.63. The molecule has 1 aromatic carbocycles. The Kier molecular flexibility index (Phi) is 3.60. The minimum atomic E-state index is -0.0600. The Hall–Kier alpha value is -1.90. The lowest BCUT2D eigenvalue weighted by atomic mass is 10.1. The summed E-state index contributed by atoms with van der Waals surface area (Å²) in [7, 11) is 0. The van der Waals surface area contributed by atoms with Crippen molar-refractivity contribution in [1.29, 1.82) is 0 Å². The van der Waals surface area contributed by atoms with Crippen LogP contribution in [0.3, 0.4) is 0 Å². The van der Waals surface area contributed by atoms with Gasteiger partial charge in [0.15, 0.2) is 0 Å². The maximum Gasteiger partial charge on any atom is 0.221 e. The molecule has 0 atom stereocenters. The molecule has 0 amide bonds. The lowest BCUT2D eigenvalue weighted by Crippen LogP contribution is -2.11. The zero-order chi connectivity index (χ0) is 13.0. The molecule has 1 aromatic heterocycles. The molecule has 0 radical (unpaired) electrons. The normalized spacial score (nSPS) is 12.2. The first-order valence-electron chi connectivity index (χ1n) is 6.06. The Morgan fingerprint density at radius 3 is 2.78 bits per heavy atom. The summed E-state index contributed by atoms with van der Waals surface area (Å²) in [6.07, 6.45) is 3.56. The van der Waals surface area contributed by atoms with E-state index in [1.54, 1.807) is 12.4 Å². The van der Waals surface area contributed by atoms with Crippen molar-refractivity contribution in [3.8, 4) is 5.88 Å². The number of hydrogen-bond donors (Lipinski definition) is 0. The van der Waals surface area contributed by atoms with E-state index in [4.69, 9.17) is 4.74 Å². The molecular formula is C15H18N2O. The highest BCUT2D eigenvalue weighted by atomic mass is 16.5. The van der Waals surface area contributed by atoms with Gasteiger partial charge >= 0.3 is 0 Å². The van der Waals surface area contributed by atoms with Crippen molar-refractivity contribution in [3.63, 3.8) is 0 Å². The zero-order valence-corrected chi connectivity index (χ0v) is 11.1. The Balaban J connectivity index is 2.11. The number of benzene rings is 1. The zero-order valence-electron chi connectivity index (χ0n) is 11.1. The number of ether oxygens (including phenoxy) is 1. The third-order valence-corrected chi connectivity index (χ3v) is 2.41. The van der Waals surface area contributed by atoms with Crippen LogP contribution in [0.2, 0.25) is 0 Å². The number of aliphatic imine (C=N–C) groups is 1. The molecule has 0 fully saturated rings. The molecule has 0 saturated heterocycles. The minimum Gasteiger partial charge on any atom is -0.471 e. The summed E-state index contributed by atoms with van der Waals surface area (Å²) in [5.41, 5.74) is -0.0600. The monoisotopic (exact) mass is 242 g/mol. The van der Waals surface area contributed by atoms with E-state index in [1.165, 1.54) is 0 Å². The number of rotatable bonds is 3. The van der Waals surface area contributed by atoms with Gasteiger partial charge in [-0.3, -0.25) is 4.99 Å². The van der Waals surface area contributed by atoms with Crippen molar-refractivity contribution in [1.82, 2.24) is 4.98 Å². The molecule has 0 saturated carbocycles. The largest absolute Gasteiger partial charge is 0.471 e. The SMILES string of the molecule is CC(C)(C)N=CCOc1nccc2ccccc12. The van der Waals surface area contributed by atoms with Crippen LogP contribution < -0.4 is 4.74 Å². The van der Waals surface area contributed by atoms with Crippen molar-refractivity contribution in [2.24, 2.45) is 4.99 Å². The van der Waals surface area contributed by atoms with Gasteiger partial charge in [-0.1, -0.05) is 18.2 Å². The fraction of sp³-hybridized carbons (Fsp3) is 0.333. The summed E-state index contributed by atoms with van der Waals surface area (Å²) >= 11 is 0. The van der Waals surface area contributed by atoms with E-state index in [1.807, 2.05) is 30.3 Å². The molecular weight excluding hydrogens is 224 g/mol. The second kappa shape index (κ2) is 5.17. The smallest absolute Gasteiger partial charge is 0.221 e. The minimum absolute atomic E-state index is 0.0600. The van der Waals surface area contributed by atoms with Gasteiger partial charge in [-0.2, -0.15) is 0 Å². The Morgan fingerprint density at radius 1 is 1.22 bits per heavy atom. The van der Waals surface area contributed by atoms with E-state index < -0.39 is 0 Å². The number of fused-ring (bicyclic) bond motifs is 1. The Labute approximate surface area is 108 Å². The van der Waals surface area contributed by atoms with Crippen LogP contribution in [-0.2, 0) is 0 Å². The molecule has 0 aliphatic carbocycles. The molecule has 2 rings (SSSR count). The van der Waals surface area contributed by atoms with Crippen molar-refractivity contribution in [2.75, 3.05) is 6.61 Å². The average Bonchev–Trinajstić information content (AvgIpc) is 2.33. The predicted molar refractivity (Wildman–Crippen MR) is 75.5 cm³/mol. The van der Waals surface area contributed by atoms with Gasteiger partial charge in [0, 0.05) is 17.8 Å². The van der Waals surface area contributed by atoms with Gasteiger partial charge in [-0.05, 0) is 38.3 Å². The number of pyridine rings is 1. The molecule has 2 aromatic rings. The van der Waals surface area contributed by atoms with E-state index in [2.05, 4.69) is 30.7 Å². The molecule has 3 heteroatoms. The van der Waals surface area contributed by atoms with E-state index >= 15 is 0 Å². The molecule has 0 N–H and O–H groups in total. The maximum absolute atomic E-state index is 5.65. The second-order valence-corrected chi connectivity index (χ2v) is 5.13. The molecule has 1 heterocycles. The van der Waals surface area contributed by atoms with E-state index in [-0.39, 0.29) is 5.54 Å². The van der Waals surface area contributed by atoms with Crippen LogP contribution in [-0.4, -0.2) is 23.3 Å². The Bertz CT molecular complexity index is 550. The summed E-state index contributed by atoms with van der Waals surface area (Å²) in [6.45, 7) is 6.61. The molecule has 0 unspecified atom stereocenters. The van der Waals surface area contributed by atoms with Gasteiger partial charge in [-0.15, -0.1) is 0 Å². The lowest BCUT2D eigenvalue weighted by molar-refractivity contribution is 0.368. The van der Waals surface area contributed by atoms with Crippen molar-refractivity contribution >= 4 is 17.0 Å². The van der Waals surface area contributed by atoms with E-state index in [0.29, 0.717) is 12.5 Å². The maximum atomic E-state index is 5.65. The first-order chi connectivity index (χ1) is 8.56. The van der Waals surface area contributed by atoms with Gasteiger partial charge in [-0.25, -0.2) is 4.98 Å². The first kappa shape index (κ1) is 12.6. The van der Waals surface area contributed by atoms with Crippen LogP contribution in [0.4, 0.5) is 0 Å². The van der Waals surface area contributed by atoms with Gasteiger partial charge in [0.2, 0.25) is 5.88 Å². The summed E-state index contributed by atoms with van der Waals surface area (Å²) in [5.74, 6) is 0.661. The molecule has 0 bridgehead atoms. The molecule has 0 aliphatic heterocycles. The molecule has 0 aliphatic rings. The quantitative estimate of drug-likeness (QED) is 0.772. The topological polar surface area (TPSA) is 34.5 Å². The summed E-state index contributed by atoms with van der Waals surface area (Å²) in [6, 6.07) is 10.0. The summed E-state index contributed by atoms with van der Waals surface area (Å²) in [5, 5.41) is 2.17. The van der Waals surface area contributed by atoms with Gasteiger partial charge < -0.3 is 4.74 Å². The van der Waals surface area contributed by atoms with Gasteiger partial charge in [0.25, 0.3) is 0 Å². The van der Waals surface area contributed by atoms with Gasteiger partial charge in [0.05, 0.1) is 5.54 Å². The highest BCUT2D eigenvalue weighted by Gasteiger charge is 2.05. The Morgan fingerprint density at radius 2 is 2.00 bits per heavy atom. The third-order valence-electron chi connectivity index (χ3n) is 2.41. The van der Waals surface area contributed by atoms with Crippen molar-refractivity contribution in [2.45, 2.75) is 26.3 Å². The average molecular weight is 242 g/mol. The highest BCUT2D eigenvalue weighted by Crippen LogP contribution is 2.22. The van der Waals surface area contributed by atoms with Crippen LogP contribution in [0.15, 0.2) is 41.5 Å². The molecule has 18 heavy (non-hydrogen) atoms. The number of nitrogens with zero attached hydrogens (tertiary/aromatic N) is 2. The van der Waals surface area contributed by atoms with Crippen LogP contribution in [0.25, 0.3) is 10.8 Å². The van der Waals surface area contributed by atoms with Crippen LogP contribution in [0, 0.1) is 0 Å². The molecule has 3 nitrogen and oxygen atoms in total. The number of hydrogen-bond acceptors (Lipinski definition) is 3. The third kappa shape index (κ3) is 3.29. The second-order valence-electron chi connectivity index (χ2n) is 5.13. The van der Waals surface area contributed by atoms with Crippen LogP contribution in [0.5, 0.6) is 5.88 Å². The van der Waals surface area contributed by atoms with E-state index in [0.717, 1.165) is 10.8 Å². The fourth-order valence-electron chi connectivity index (χ4n) is 1.63. The standard InChI is InChI=1S/C15H18N2O/c1-15(2,3)17-10-11-18-14-13-7-5-4-6-12(13)8-9-16-14/h4-10H,11H2,1-3H3. The van der Waals surface area contributed by atoms with Crippen LogP contribution in [0.1, 0.15) is 20.8 Å². The van der Waals surface area contributed by atoms with Gasteiger partial charge in [0.1, 0.15) is 6.61 Å². The predicted octanol–water partition coefficient (Wildman–Crippen LogP) is 3.48. The number of aromatic nitrogens is 1.